The second kappa shape index (κ2) is 6.96. The average molecular weight is 343 g/mol. The molecule has 0 radical (unpaired) electrons. The van der Waals surface area contributed by atoms with E-state index in [4.69, 9.17) is 4.99 Å². The monoisotopic (exact) mass is 343 g/mol. The molecule has 0 aliphatic heterocycles. The Morgan fingerprint density at radius 3 is 2.96 bits per heavy atom. The number of nitrogens with one attached hydrogen (secondary N) is 2. The highest BCUT2D eigenvalue weighted by Gasteiger charge is 2.21. The SMILES string of the molecule is C=C(N=C(/C=C\C)c1c[nH]c2ncc(-c3cccnc3)cc12)NC1CC1. The lowest BCUT2D eigenvalue weighted by Crippen LogP contribution is -2.14. The lowest BCUT2D eigenvalue weighted by atomic mass is 10.1. The number of aromatic amines is 1. The summed E-state index contributed by atoms with van der Waals surface area (Å²) in [6.07, 6.45) is 13.8. The first-order valence-corrected chi connectivity index (χ1v) is 8.79. The maximum absolute atomic E-state index is 4.71. The minimum atomic E-state index is 0.528. The molecule has 0 amide bonds. The zero-order chi connectivity index (χ0) is 17.9. The first-order chi connectivity index (χ1) is 12.7. The molecule has 130 valence electrons. The average Bonchev–Trinajstić information content (AvgIpc) is 3.37. The molecule has 0 saturated heterocycles. The van der Waals surface area contributed by atoms with Crippen LogP contribution in [0.4, 0.5) is 0 Å². The third-order valence-corrected chi connectivity index (χ3v) is 4.33. The molecule has 0 bridgehead atoms. The highest BCUT2D eigenvalue weighted by Crippen LogP contribution is 2.25. The number of aromatic nitrogens is 3. The fourth-order valence-corrected chi connectivity index (χ4v) is 2.89. The first kappa shape index (κ1) is 16.3. The molecule has 0 unspecified atom stereocenters. The van der Waals surface area contributed by atoms with Crippen LogP contribution in [-0.2, 0) is 0 Å². The normalized spacial score (nSPS) is 14.9. The van der Waals surface area contributed by atoms with Gasteiger partial charge in [-0.1, -0.05) is 18.7 Å². The van der Waals surface area contributed by atoms with E-state index in [1.807, 2.05) is 49.8 Å². The summed E-state index contributed by atoms with van der Waals surface area (Å²) >= 11 is 0. The number of pyridine rings is 2. The third-order valence-electron chi connectivity index (χ3n) is 4.33. The van der Waals surface area contributed by atoms with E-state index in [0.717, 1.165) is 33.4 Å². The van der Waals surface area contributed by atoms with Gasteiger partial charge in [0.15, 0.2) is 0 Å². The van der Waals surface area contributed by atoms with Crippen LogP contribution in [0.15, 0.2) is 72.5 Å². The number of fused-ring (bicyclic) bond motifs is 1. The number of aliphatic imine (C=N–C) groups is 1. The number of allylic oxidation sites excluding steroid dienone is 2. The van der Waals surface area contributed by atoms with Crippen LogP contribution in [0.2, 0.25) is 0 Å². The van der Waals surface area contributed by atoms with Gasteiger partial charge in [0.05, 0.1) is 5.71 Å². The number of rotatable bonds is 6. The Hall–Kier alpha value is -3.21. The van der Waals surface area contributed by atoms with E-state index in [2.05, 4.69) is 32.9 Å². The van der Waals surface area contributed by atoms with Gasteiger partial charge < -0.3 is 10.3 Å². The van der Waals surface area contributed by atoms with Gasteiger partial charge in [0.1, 0.15) is 11.5 Å². The molecular weight excluding hydrogens is 322 g/mol. The summed E-state index contributed by atoms with van der Waals surface area (Å²) in [5, 5.41) is 4.37. The van der Waals surface area contributed by atoms with Crippen molar-refractivity contribution in [1.82, 2.24) is 20.3 Å². The fourth-order valence-electron chi connectivity index (χ4n) is 2.89. The third kappa shape index (κ3) is 3.42. The highest BCUT2D eigenvalue weighted by atomic mass is 15.1. The van der Waals surface area contributed by atoms with Crippen molar-refractivity contribution in [3.8, 4) is 11.1 Å². The minimum absolute atomic E-state index is 0.528. The van der Waals surface area contributed by atoms with Crippen LogP contribution in [0.5, 0.6) is 0 Å². The number of nitrogens with zero attached hydrogens (tertiary/aromatic N) is 3. The molecule has 1 fully saturated rings. The number of hydrogen-bond donors (Lipinski definition) is 2. The van der Waals surface area contributed by atoms with Gasteiger partial charge >= 0.3 is 0 Å². The maximum Gasteiger partial charge on any atom is 0.137 e. The van der Waals surface area contributed by atoms with Gasteiger partial charge in [-0.25, -0.2) is 9.98 Å². The molecule has 0 atom stereocenters. The lowest BCUT2D eigenvalue weighted by Gasteiger charge is -2.06. The van der Waals surface area contributed by atoms with Gasteiger partial charge in [0.2, 0.25) is 0 Å². The minimum Gasteiger partial charge on any atom is -0.368 e. The summed E-state index contributed by atoms with van der Waals surface area (Å²) in [6, 6.07) is 6.61. The lowest BCUT2D eigenvalue weighted by molar-refractivity contribution is 0.798. The molecule has 4 rings (SSSR count). The zero-order valence-electron chi connectivity index (χ0n) is 14.7. The molecule has 1 aliphatic carbocycles. The van der Waals surface area contributed by atoms with Crippen molar-refractivity contribution >= 4 is 16.7 Å². The first-order valence-electron chi connectivity index (χ1n) is 8.79. The summed E-state index contributed by atoms with van der Waals surface area (Å²) in [5.74, 6) is 0.700. The Balaban J connectivity index is 1.76. The van der Waals surface area contributed by atoms with Gasteiger partial charge in [0.25, 0.3) is 0 Å². The number of hydrogen-bond acceptors (Lipinski definition) is 4. The second-order valence-electron chi connectivity index (χ2n) is 6.43. The summed E-state index contributed by atoms with van der Waals surface area (Å²) in [5.41, 5.74) is 4.78. The number of H-pyrrole nitrogens is 1. The molecule has 1 saturated carbocycles. The Labute approximate surface area is 152 Å². The van der Waals surface area contributed by atoms with Gasteiger partial charge in [0, 0.05) is 52.9 Å². The highest BCUT2D eigenvalue weighted by molar-refractivity contribution is 6.16. The molecule has 1 aliphatic rings. The Morgan fingerprint density at radius 2 is 2.23 bits per heavy atom. The van der Waals surface area contributed by atoms with Crippen molar-refractivity contribution in [3.63, 3.8) is 0 Å². The van der Waals surface area contributed by atoms with Crippen LogP contribution in [-0.4, -0.2) is 26.7 Å². The fraction of sp³-hybridized carbons (Fsp3) is 0.190. The summed E-state index contributed by atoms with van der Waals surface area (Å²) in [4.78, 5) is 16.7. The Morgan fingerprint density at radius 1 is 1.35 bits per heavy atom. The van der Waals surface area contributed by atoms with Crippen LogP contribution in [0.3, 0.4) is 0 Å². The van der Waals surface area contributed by atoms with Crippen LogP contribution < -0.4 is 5.32 Å². The van der Waals surface area contributed by atoms with E-state index in [1.54, 1.807) is 6.20 Å². The molecule has 3 aromatic heterocycles. The Kier molecular flexibility index (Phi) is 4.35. The van der Waals surface area contributed by atoms with Crippen molar-refractivity contribution in [2.45, 2.75) is 25.8 Å². The molecule has 26 heavy (non-hydrogen) atoms. The maximum atomic E-state index is 4.71. The predicted octanol–water partition coefficient (Wildman–Crippen LogP) is 4.21. The van der Waals surface area contributed by atoms with E-state index in [1.165, 1.54) is 12.8 Å². The van der Waals surface area contributed by atoms with Gasteiger partial charge in [-0.2, -0.15) is 0 Å². The molecule has 0 spiro atoms. The molecular formula is C21H21N5. The predicted molar refractivity (Wildman–Crippen MR) is 106 cm³/mol. The van der Waals surface area contributed by atoms with Crippen LogP contribution in [0.1, 0.15) is 25.3 Å². The molecule has 5 heteroatoms. The van der Waals surface area contributed by atoms with E-state index in [0.29, 0.717) is 11.9 Å². The second-order valence-corrected chi connectivity index (χ2v) is 6.43. The standard InChI is InChI=1S/C21H21N5/c1-3-5-20(26-14(2)25-17-7-8-17)19-13-24-21-18(19)10-16(12-23-21)15-6-4-9-22-11-15/h3-6,9-13,17,25H,2,7-8H2,1H3,(H,23,24)/b5-3-,26-20?. The summed E-state index contributed by atoms with van der Waals surface area (Å²) < 4.78 is 0. The van der Waals surface area contributed by atoms with Crippen molar-refractivity contribution in [2.24, 2.45) is 4.99 Å². The molecule has 5 nitrogen and oxygen atoms in total. The van der Waals surface area contributed by atoms with Gasteiger partial charge in [-0.05, 0) is 38.0 Å². The van der Waals surface area contributed by atoms with Gasteiger partial charge in [-0.15, -0.1) is 0 Å². The van der Waals surface area contributed by atoms with Crippen molar-refractivity contribution in [2.75, 3.05) is 0 Å². The summed E-state index contributed by atoms with van der Waals surface area (Å²) in [6.45, 7) is 6.03. The largest absolute Gasteiger partial charge is 0.368 e. The molecule has 3 aromatic rings. The van der Waals surface area contributed by atoms with E-state index < -0.39 is 0 Å². The van der Waals surface area contributed by atoms with Gasteiger partial charge in [-0.3, -0.25) is 4.98 Å². The smallest absolute Gasteiger partial charge is 0.137 e. The summed E-state index contributed by atoms with van der Waals surface area (Å²) in [7, 11) is 0. The Bertz CT molecular complexity index is 994. The van der Waals surface area contributed by atoms with Crippen molar-refractivity contribution < 1.29 is 0 Å². The van der Waals surface area contributed by atoms with E-state index >= 15 is 0 Å². The zero-order valence-corrected chi connectivity index (χ0v) is 14.7. The molecule has 2 N–H and O–H groups in total. The molecule has 3 heterocycles. The van der Waals surface area contributed by atoms with Crippen LogP contribution in [0, 0.1) is 0 Å². The van der Waals surface area contributed by atoms with Crippen molar-refractivity contribution in [1.29, 1.82) is 0 Å². The van der Waals surface area contributed by atoms with E-state index in [-0.39, 0.29) is 0 Å². The van der Waals surface area contributed by atoms with E-state index in [9.17, 15) is 0 Å². The quantitative estimate of drug-likeness (QED) is 0.659. The molecule has 0 aromatic carbocycles. The van der Waals surface area contributed by atoms with Crippen molar-refractivity contribution in [3.05, 3.63) is 73.1 Å². The van der Waals surface area contributed by atoms with Crippen LogP contribution in [0.25, 0.3) is 22.2 Å². The topological polar surface area (TPSA) is 66.0 Å². The van der Waals surface area contributed by atoms with Crippen LogP contribution >= 0.6 is 0 Å².